The van der Waals surface area contributed by atoms with Crippen molar-refractivity contribution in [3.63, 3.8) is 0 Å². The number of benzene rings is 1. The maximum atomic E-state index is 8.82. The SMILES string of the molecule is COc1cc(C#N)ccc1Oc1ccc(CCl)cn1. The molecule has 0 radical (unpaired) electrons. The van der Waals surface area contributed by atoms with E-state index < -0.39 is 0 Å². The van der Waals surface area contributed by atoms with E-state index >= 15 is 0 Å². The molecule has 2 aromatic rings. The van der Waals surface area contributed by atoms with Crippen molar-refractivity contribution in [3.05, 3.63) is 47.7 Å². The molecule has 1 aromatic carbocycles. The summed E-state index contributed by atoms with van der Waals surface area (Å²) in [5.74, 6) is 1.85. The first kappa shape index (κ1) is 13.2. The number of nitriles is 1. The number of hydrogen-bond acceptors (Lipinski definition) is 4. The molecule has 1 aromatic heterocycles. The Morgan fingerprint density at radius 3 is 2.68 bits per heavy atom. The molecule has 0 aliphatic carbocycles. The van der Waals surface area contributed by atoms with Gasteiger partial charge in [0.25, 0.3) is 0 Å². The van der Waals surface area contributed by atoms with Gasteiger partial charge in [-0.25, -0.2) is 4.98 Å². The first-order valence-corrected chi connectivity index (χ1v) is 6.07. The first-order valence-electron chi connectivity index (χ1n) is 5.53. The predicted molar refractivity (Wildman–Crippen MR) is 71.6 cm³/mol. The second kappa shape index (κ2) is 6.07. The zero-order valence-electron chi connectivity index (χ0n) is 10.3. The number of rotatable bonds is 4. The molecule has 0 bridgehead atoms. The minimum absolute atomic E-state index is 0.410. The van der Waals surface area contributed by atoms with E-state index in [9.17, 15) is 0 Å². The monoisotopic (exact) mass is 274 g/mol. The van der Waals surface area contributed by atoms with Crippen molar-refractivity contribution in [2.75, 3.05) is 7.11 Å². The van der Waals surface area contributed by atoms with Crippen LogP contribution in [0.1, 0.15) is 11.1 Å². The maximum Gasteiger partial charge on any atom is 0.219 e. The lowest BCUT2D eigenvalue weighted by molar-refractivity contribution is 0.374. The summed E-state index contributed by atoms with van der Waals surface area (Å²) in [7, 11) is 1.52. The zero-order valence-corrected chi connectivity index (χ0v) is 11.0. The van der Waals surface area contributed by atoms with Gasteiger partial charge in [0.2, 0.25) is 5.88 Å². The van der Waals surface area contributed by atoms with E-state index in [-0.39, 0.29) is 0 Å². The van der Waals surface area contributed by atoms with Crippen molar-refractivity contribution in [1.29, 1.82) is 5.26 Å². The smallest absolute Gasteiger partial charge is 0.219 e. The van der Waals surface area contributed by atoms with Crippen LogP contribution in [-0.4, -0.2) is 12.1 Å². The van der Waals surface area contributed by atoms with Crippen molar-refractivity contribution >= 4 is 11.6 Å². The molecule has 0 saturated heterocycles. The molecule has 0 N–H and O–H groups in total. The van der Waals surface area contributed by atoms with Crippen molar-refractivity contribution in [2.24, 2.45) is 0 Å². The molecule has 0 aliphatic rings. The number of nitrogens with zero attached hydrogens (tertiary/aromatic N) is 2. The molecule has 0 fully saturated rings. The molecular weight excluding hydrogens is 264 g/mol. The molecule has 96 valence electrons. The van der Waals surface area contributed by atoms with Crippen LogP contribution in [0, 0.1) is 11.3 Å². The number of aromatic nitrogens is 1. The van der Waals surface area contributed by atoms with Crippen LogP contribution in [0.25, 0.3) is 0 Å². The Kier molecular flexibility index (Phi) is 4.22. The van der Waals surface area contributed by atoms with Gasteiger partial charge in [-0.2, -0.15) is 5.26 Å². The van der Waals surface area contributed by atoms with Crippen LogP contribution >= 0.6 is 11.6 Å². The lowest BCUT2D eigenvalue weighted by Crippen LogP contribution is -1.93. The van der Waals surface area contributed by atoms with E-state index in [1.165, 1.54) is 7.11 Å². The third kappa shape index (κ3) is 3.15. The van der Waals surface area contributed by atoms with Gasteiger partial charge in [0.05, 0.1) is 18.7 Å². The summed E-state index contributed by atoms with van der Waals surface area (Å²) in [4.78, 5) is 4.14. The van der Waals surface area contributed by atoms with E-state index in [0.717, 1.165) is 5.56 Å². The molecule has 1 heterocycles. The topological polar surface area (TPSA) is 55.1 Å². The molecule has 0 spiro atoms. The third-order valence-corrected chi connectivity index (χ3v) is 2.77. The summed E-state index contributed by atoms with van der Waals surface area (Å²) < 4.78 is 10.8. The Balaban J connectivity index is 2.24. The normalized spacial score (nSPS) is 9.74. The highest BCUT2D eigenvalue weighted by Gasteiger charge is 2.07. The molecule has 0 amide bonds. The molecule has 2 rings (SSSR count). The van der Waals surface area contributed by atoms with Crippen LogP contribution in [-0.2, 0) is 5.88 Å². The Labute approximate surface area is 116 Å². The third-order valence-electron chi connectivity index (χ3n) is 2.46. The van der Waals surface area contributed by atoms with Gasteiger partial charge < -0.3 is 9.47 Å². The van der Waals surface area contributed by atoms with E-state index in [2.05, 4.69) is 4.98 Å². The lowest BCUT2D eigenvalue weighted by Gasteiger charge is -2.09. The van der Waals surface area contributed by atoms with Gasteiger partial charge >= 0.3 is 0 Å². The Morgan fingerprint density at radius 2 is 2.11 bits per heavy atom. The minimum Gasteiger partial charge on any atom is -0.493 e. The fraction of sp³-hybridized carbons (Fsp3) is 0.143. The quantitative estimate of drug-likeness (QED) is 0.801. The number of ether oxygens (including phenoxy) is 2. The number of methoxy groups -OCH3 is 1. The molecule has 0 aliphatic heterocycles. The van der Waals surface area contributed by atoms with Crippen LogP contribution in [0.3, 0.4) is 0 Å². The largest absolute Gasteiger partial charge is 0.493 e. The number of alkyl halides is 1. The lowest BCUT2D eigenvalue weighted by atomic mass is 10.2. The Bertz CT molecular complexity index is 606. The van der Waals surface area contributed by atoms with Gasteiger partial charge in [0.1, 0.15) is 0 Å². The van der Waals surface area contributed by atoms with Crippen LogP contribution in [0.15, 0.2) is 36.5 Å². The summed E-state index contributed by atoms with van der Waals surface area (Å²) in [5, 5.41) is 8.82. The van der Waals surface area contributed by atoms with Gasteiger partial charge in [0.15, 0.2) is 11.5 Å². The van der Waals surface area contributed by atoms with Crippen LogP contribution in [0.5, 0.6) is 17.4 Å². The van der Waals surface area contributed by atoms with Crippen molar-refractivity contribution in [3.8, 4) is 23.4 Å². The summed E-state index contributed by atoms with van der Waals surface area (Å²) >= 11 is 5.69. The minimum atomic E-state index is 0.410. The summed E-state index contributed by atoms with van der Waals surface area (Å²) in [5.41, 5.74) is 1.43. The van der Waals surface area contributed by atoms with Crippen LogP contribution in [0.4, 0.5) is 0 Å². The maximum absolute atomic E-state index is 8.82. The molecule has 5 heteroatoms. The fourth-order valence-electron chi connectivity index (χ4n) is 1.48. The second-order valence-electron chi connectivity index (χ2n) is 3.72. The zero-order chi connectivity index (χ0) is 13.7. The van der Waals surface area contributed by atoms with Crippen molar-refractivity contribution in [1.82, 2.24) is 4.98 Å². The number of hydrogen-bond donors (Lipinski definition) is 0. The van der Waals surface area contributed by atoms with Crippen molar-refractivity contribution < 1.29 is 9.47 Å². The first-order chi connectivity index (χ1) is 9.26. The van der Waals surface area contributed by atoms with Gasteiger partial charge in [0, 0.05) is 24.2 Å². The van der Waals surface area contributed by atoms with Crippen molar-refractivity contribution in [2.45, 2.75) is 5.88 Å². The summed E-state index contributed by atoms with van der Waals surface area (Å²) in [6.07, 6.45) is 1.65. The molecule has 0 unspecified atom stereocenters. The van der Waals surface area contributed by atoms with Gasteiger partial charge in [-0.15, -0.1) is 11.6 Å². The van der Waals surface area contributed by atoms with E-state index in [4.69, 9.17) is 26.3 Å². The average Bonchev–Trinajstić information content (AvgIpc) is 2.48. The van der Waals surface area contributed by atoms with E-state index in [1.807, 2.05) is 12.1 Å². The molecule has 19 heavy (non-hydrogen) atoms. The average molecular weight is 275 g/mol. The van der Waals surface area contributed by atoms with Gasteiger partial charge in [-0.3, -0.25) is 0 Å². The number of halogens is 1. The highest BCUT2D eigenvalue weighted by molar-refractivity contribution is 6.17. The van der Waals surface area contributed by atoms with E-state index in [1.54, 1.807) is 30.5 Å². The van der Waals surface area contributed by atoms with Gasteiger partial charge in [-0.05, 0) is 17.7 Å². The standard InChI is InChI=1S/C14H11ClN2O2/c1-18-13-6-10(8-16)2-4-12(13)19-14-5-3-11(7-15)9-17-14/h2-6,9H,7H2,1H3. The highest BCUT2D eigenvalue weighted by atomic mass is 35.5. The van der Waals surface area contributed by atoms with Gasteiger partial charge in [-0.1, -0.05) is 6.07 Å². The predicted octanol–water partition coefficient (Wildman–Crippen LogP) is 3.49. The van der Waals surface area contributed by atoms with E-state index in [0.29, 0.717) is 28.8 Å². The van der Waals surface area contributed by atoms with Crippen LogP contribution in [0.2, 0.25) is 0 Å². The molecule has 0 atom stereocenters. The molecule has 4 nitrogen and oxygen atoms in total. The second-order valence-corrected chi connectivity index (χ2v) is 3.99. The highest BCUT2D eigenvalue weighted by Crippen LogP contribution is 2.31. The van der Waals surface area contributed by atoms with Crippen LogP contribution < -0.4 is 9.47 Å². The number of pyridine rings is 1. The summed E-state index contributed by atoms with van der Waals surface area (Å²) in [6, 6.07) is 10.6. The molecular formula is C14H11ClN2O2. The molecule has 0 saturated carbocycles. The fourth-order valence-corrected chi connectivity index (χ4v) is 1.64. The summed E-state index contributed by atoms with van der Waals surface area (Å²) in [6.45, 7) is 0. The Morgan fingerprint density at radius 1 is 1.26 bits per heavy atom. The Hall–Kier alpha value is -2.25.